The first-order valence-corrected chi connectivity index (χ1v) is 13.3. The van der Waals surface area contributed by atoms with Crippen LogP contribution in [0, 0.1) is 0 Å². The summed E-state index contributed by atoms with van der Waals surface area (Å²) in [6.45, 7) is 0.0837. The quantitative estimate of drug-likeness (QED) is 0.206. The topological polar surface area (TPSA) is 66.4 Å². The first kappa shape index (κ1) is 28.0. The van der Waals surface area contributed by atoms with Crippen molar-refractivity contribution in [2.45, 2.75) is 19.3 Å². The summed E-state index contributed by atoms with van der Waals surface area (Å²) in [5.41, 5.74) is 6.45. The summed E-state index contributed by atoms with van der Waals surface area (Å²) < 4.78 is 0. The monoisotopic (exact) mass is 585 g/mol. The number of amides is 1. The van der Waals surface area contributed by atoms with Crippen LogP contribution in [0.25, 0.3) is 22.3 Å². The van der Waals surface area contributed by atoms with Gasteiger partial charge in [-0.1, -0.05) is 76.7 Å². The third-order valence-corrected chi connectivity index (χ3v) is 6.87. The van der Waals surface area contributed by atoms with E-state index in [9.17, 15) is 9.59 Å². The second-order valence-electron chi connectivity index (χ2n) is 8.78. The predicted octanol–water partition coefficient (Wildman–Crippen LogP) is 8.62. The van der Waals surface area contributed by atoms with Crippen molar-refractivity contribution in [3.05, 3.63) is 116 Å². The Hall–Kier alpha value is -3.02. The summed E-state index contributed by atoms with van der Waals surface area (Å²) >= 11 is 25.1. The van der Waals surface area contributed by atoms with Gasteiger partial charge in [0.2, 0.25) is 0 Å². The molecule has 0 unspecified atom stereocenters. The first-order valence-electron chi connectivity index (χ1n) is 11.8. The van der Waals surface area contributed by atoms with Gasteiger partial charge in [0.25, 0.3) is 5.91 Å². The van der Waals surface area contributed by atoms with Gasteiger partial charge in [0.15, 0.2) is 0 Å². The molecule has 0 saturated heterocycles. The number of aliphatic carboxylic acids is 1. The van der Waals surface area contributed by atoms with Gasteiger partial charge in [-0.15, -0.1) is 0 Å². The highest BCUT2D eigenvalue weighted by Crippen LogP contribution is 2.34. The van der Waals surface area contributed by atoms with E-state index in [1.807, 2.05) is 48.5 Å². The van der Waals surface area contributed by atoms with Crippen LogP contribution in [-0.4, -0.2) is 23.5 Å². The molecule has 4 aromatic rings. The van der Waals surface area contributed by atoms with Gasteiger partial charge in [-0.25, -0.2) is 0 Å². The fraction of sp³-hybridized carbons (Fsp3) is 0.133. The van der Waals surface area contributed by atoms with E-state index in [-0.39, 0.29) is 18.9 Å². The van der Waals surface area contributed by atoms with E-state index in [2.05, 4.69) is 11.4 Å². The molecule has 0 aliphatic carbocycles. The Morgan fingerprint density at radius 1 is 0.658 bits per heavy atom. The predicted molar refractivity (Wildman–Crippen MR) is 156 cm³/mol. The van der Waals surface area contributed by atoms with Gasteiger partial charge >= 0.3 is 5.97 Å². The molecular weight excluding hydrogens is 564 g/mol. The molecule has 38 heavy (non-hydrogen) atoms. The standard InChI is InChI=1S/C30H23Cl4NO3/c31-24-12-22(13-25(32)16-24)20-7-8-28(23-14-26(33)17-27(34)15-23)21(11-20)6-3-18-1-4-19(5-2-18)30(38)35-10-9-29(36)37/h1-2,4-5,7-8,11-17H,3,6,9-10H2,(H,35,38)(H,36,37). The lowest BCUT2D eigenvalue weighted by Gasteiger charge is -2.14. The number of aryl methyl sites for hydroxylation is 2. The molecule has 0 saturated carbocycles. The number of halogens is 4. The number of benzene rings is 4. The zero-order valence-corrected chi connectivity index (χ0v) is 23.1. The third kappa shape index (κ3) is 7.52. The summed E-state index contributed by atoms with van der Waals surface area (Å²) in [4.78, 5) is 22.9. The first-order chi connectivity index (χ1) is 18.2. The number of carboxylic acids is 1. The van der Waals surface area contributed by atoms with Gasteiger partial charge in [0.05, 0.1) is 6.42 Å². The van der Waals surface area contributed by atoms with E-state index in [0.29, 0.717) is 32.1 Å². The van der Waals surface area contributed by atoms with Gasteiger partial charge in [-0.2, -0.15) is 0 Å². The molecule has 0 bridgehead atoms. The number of carbonyl (C=O) groups excluding carboxylic acids is 1. The highest BCUT2D eigenvalue weighted by molar-refractivity contribution is 6.35. The Bertz CT molecular complexity index is 1450. The second kappa shape index (κ2) is 12.7. The van der Waals surface area contributed by atoms with Crippen molar-refractivity contribution in [3.63, 3.8) is 0 Å². The number of carboxylic acid groups (broad SMARTS) is 1. The van der Waals surface area contributed by atoms with Crippen molar-refractivity contribution in [3.8, 4) is 22.3 Å². The molecule has 2 N–H and O–H groups in total. The van der Waals surface area contributed by atoms with Crippen LogP contribution in [0.4, 0.5) is 0 Å². The van der Waals surface area contributed by atoms with Crippen molar-refractivity contribution >= 4 is 58.3 Å². The highest BCUT2D eigenvalue weighted by Gasteiger charge is 2.12. The normalized spacial score (nSPS) is 10.8. The zero-order valence-electron chi connectivity index (χ0n) is 20.1. The molecule has 0 aliphatic heterocycles. The molecule has 0 spiro atoms. The Balaban J connectivity index is 1.59. The van der Waals surface area contributed by atoms with Gasteiger partial charge in [-0.05, 0) is 94.8 Å². The molecule has 0 atom stereocenters. The van der Waals surface area contributed by atoms with Crippen LogP contribution in [0.5, 0.6) is 0 Å². The Kier molecular flexibility index (Phi) is 9.35. The Labute approximate surface area is 241 Å². The zero-order chi connectivity index (χ0) is 27.2. The molecular formula is C30H23Cl4NO3. The molecule has 4 rings (SSSR count). The van der Waals surface area contributed by atoms with Crippen LogP contribution in [0.15, 0.2) is 78.9 Å². The van der Waals surface area contributed by atoms with Crippen LogP contribution in [0.3, 0.4) is 0 Å². The minimum absolute atomic E-state index is 0.0837. The van der Waals surface area contributed by atoms with Crippen molar-refractivity contribution < 1.29 is 14.7 Å². The number of rotatable bonds is 9. The molecule has 0 aromatic heterocycles. The molecule has 8 heteroatoms. The molecule has 1 amide bonds. The number of hydrogen-bond donors (Lipinski definition) is 2. The van der Waals surface area contributed by atoms with E-state index in [0.717, 1.165) is 39.8 Å². The highest BCUT2D eigenvalue weighted by atomic mass is 35.5. The van der Waals surface area contributed by atoms with Gasteiger partial charge in [0, 0.05) is 32.2 Å². The maximum absolute atomic E-state index is 12.2. The fourth-order valence-electron chi connectivity index (χ4n) is 4.18. The average molecular weight is 587 g/mol. The molecule has 0 heterocycles. The van der Waals surface area contributed by atoms with E-state index < -0.39 is 5.97 Å². The summed E-state index contributed by atoms with van der Waals surface area (Å²) in [7, 11) is 0. The van der Waals surface area contributed by atoms with Crippen LogP contribution in [0.2, 0.25) is 20.1 Å². The summed E-state index contributed by atoms with van der Waals surface area (Å²) in [5.74, 6) is -1.26. The van der Waals surface area contributed by atoms with Crippen LogP contribution in [-0.2, 0) is 17.6 Å². The van der Waals surface area contributed by atoms with Crippen LogP contribution < -0.4 is 5.32 Å². The Morgan fingerprint density at radius 2 is 1.24 bits per heavy atom. The summed E-state index contributed by atoms with van der Waals surface area (Å²) in [5, 5.41) is 13.6. The second-order valence-corrected chi connectivity index (χ2v) is 10.5. The smallest absolute Gasteiger partial charge is 0.305 e. The lowest BCUT2D eigenvalue weighted by Crippen LogP contribution is -2.25. The maximum atomic E-state index is 12.2. The number of hydrogen-bond acceptors (Lipinski definition) is 2. The van der Waals surface area contributed by atoms with Crippen LogP contribution >= 0.6 is 46.4 Å². The lowest BCUT2D eigenvalue weighted by molar-refractivity contribution is -0.136. The SMILES string of the molecule is O=C(O)CCNC(=O)c1ccc(CCc2cc(-c3cc(Cl)cc(Cl)c3)ccc2-c2cc(Cl)cc(Cl)c2)cc1. The van der Waals surface area contributed by atoms with E-state index >= 15 is 0 Å². The van der Waals surface area contributed by atoms with E-state index in [4.69, 9.17) is 51.5 Å². The Morgan fingerprint density at radius 3 is 1.82 bits per heavy atom. The molecule has 0 aliphatic rings. The summed E-state index contributed by atoms with van der Waals surface area (Å²) in [6.07, 6.45) is 1.32. The van der Waals surface area contributed by atoms with Crippen molar-refractivity contribution in [1.29, 1.82) is 0 Å². The average Bonchev–Trinajstić information content (AvgIpc) is 2.86. The van der Waals surface area contributed by atoms with E-state index in [1.54, 1.807) is 24.3 Å². The number of carbonyl (C=O) groups is 2. The van der Waals surface area contributed by atoms with Gasteiger partial charge in [-0.3, -0.25) is 9.59 Å². The van der Waals surface area contributed by atoms with E-state index in [1.165, 1.54) is 0 Å². The van der Waals surface area contributed by atoms with Crippen molar-refractivity contribution in [1.82, 2.24) is 5.32 Å². The minimum Gasteiger partial charge on any atom is -0.481 e. The minimum atomic E-state index is -0.956. The summed E-state index contributed by atoms with van der Waals surface area (Å²) in [6, 6.07) is 24.4. The molecule has 4 aromatic carbocycles. The van der Waals surface area contributed by atoms with Crippen molar-refractivity contribution in [2.75, 3.05) is 6.54 Å². The number of nitrogens with one attached hydrogen (secondary N) is 1. The van der Waals surface area contributed by atoms with Crippen molar-refractivity contribution in [2.24, 2.45) is 0 Å². The van der Waals surface area contributed by atoms with Gasteiger partial charge in [0.1, 0.15) is 0 Å². The largest absolute Gasteiger partial charge is 0.481 e. The lowest BCUT2D eigenvalue weighted by atomic mass is 9.91. The molecule has 4 nitrogen and oxygen atoms in total. The van der Waals surface area contributed by atoms with Gasteiger partial charge < -0.3 is 10.4 Å². The molecule has 0 fully saturated rings. The molecule has 0 radical (unpaired) electrons. The van der Waals surface area contributed by atoms with Crippen LogP contribution in [0.1, 0.15) is 27.9 Å². The third-order valence-electron chi connectivity index (χ3n) is 6.00. The molecule has 194 valence electrons. The maximum Gasteiger partial charge on any atom is 0.305 e. The fourth-order valence-corrected chi connectivity index (χ4v) is 5.23.